The number of nitrogen functional groups attached to an aromatic ring is 1. The zero-order valence-electron chi connectivity index (χ0n) is 6.98. The number of hydrogen-bond donors (Lipinski definition) is 3. The number of phenolic OH excluding ortho intramolecular Hbond substituents is 1. The minimum atomic E-state index is -3.63. The summed E-state index contributed by atoms with van der Waals surface area (Å²) in [5.41, 5.74) is 5.66. The van der Waals surface area contributed by atoms with Crippen molar-refractivity contribution in [1.29, 1.82) is 0 Å². The minimum Gasteiger partial charge on any atom is -0.507 e. The van der Waals surface area contributed by atoms with Gasteiger partial charge in [-0.2, -0.15) is 0 Å². The zero-order chi connectivity index (χ0) is 10.1. The van der Waals surface area contributed by atoms with E-state index in [4.69, 9.17) is 5.73 Å². The molecular weight excluding hydrogens is 192 g/mol. The Labute approximate surface area is 76.2 Å². The van der Waals surface area contributed by atoms with Crippen molar-refractivity contribution in [2.75, 3.05) is 12.8 Å². The first-order valence-electron chi connectivity index (χ1n) is 3.49. The Balaban J connectivity index is 3.38. The summed E-state index contributed by atoms with van der Waals surface area (Å²) in [4.78, 5) is -0.213. The van der Waals surface area contributed by atoms with Gasteiger partial charge in [0.25, 0.3) is 0 Å². The third-order valence-electron chi connectivity index (χ3n) is 1.54. The predicted octanol–water partition coefficient (Wildman–Crippen LogP) is -0.118. The number of nitrogens with two attached hydrogens (primary N) is 1. The molecule has 1 aromatic carbocycles. The van der Waals surface area contributed by atoms with Crippen LogP contribution in [0.25, 0.3) is 0 Å². The van der Waals surface area contributed by atoms with Crippen molar-refractivity contribution in [2.45, 2.75) is 4.90 Å². The molecule has 1 aromatic rings. The highest BCUT2D eigenvalue weighted by atomic mass is 32.2. The lowest BCUT2D eigenvalue weighted by molar-refractivity contribution is 0.458. The van der Waals surface area contributed by atoms with E-state index in [2.05, 4.69) is 4.72 Å². The van der Waals surface area contributed by atoms with Gasteiger partial charge in [0.1, 0.15) is 10.6 Å². The van der Waals surface area contributed by atoms with Crippen molar-refractivity contribution in [3.63, 3.8) is 0 Å². The number of sulfonamides is 1. The van der Waals surface area contributed by atoms with E-state index in [9.17, 15) is 13.5 Å². The number of rotatable bonds is 2. The first kappa shape index (κ1) is 9.82. The van der Waals surface area contributed by atoms with Crippen LogP contribution >= 0.6 is 0 Å². The molecule has 4 N–H and O–H groups in total. The van der Waals surface area contributed by atoms with Crippen LogP contribution in [-0.4, -0.2) is 20.6 Å². The maximum Gasteiger partial charge on any atom is 0.244 e. The molecule has 6 heteroatoms. The molecule has 0 fully saturated rings. The van der Waals surface area contributed by atoms with Gasteiger partial charge in [0, 0.05) is 5.69 Å². The summed E-state index contributed by atoms with van der Waals surface area (Å²) in [6.45, 7) is 0. The first-order valence-corrected chi connectivity index (χ1v) is 4.98. The van der Waals surface area contributed by atoms with E-state index in [1.165, 1.54) is 25.2 Å². The maximum absolute atomic E-state index is 11.2. The summed E-state index contributed by atoms with van der Waals surface area (Å²) < 4.78 is 24.6. The molecule has 72 valence electrons. The Morgan fingerprint density at radius 1 is 1.46 bits per heavy atom. The summed E-state index contributed by atoms with van der Waals surface area (Å²) in [6.07, 6.45) is 0. The predicted molar refractivity (Wildman–Crippen MR) is 48.8 cm³/mol. The van der Waals surface area contributed by atoms with E-state index in [1.54, 1.807) is 0 Å². The molecule has 0 saturated heterocycles. The number of aromatic hydroxyl groups is 1. The molecule has 5 nitrogen and oxygen atoms in total. The van der Waals surface area contributed by atoms with Gasteiger partial charge in [-0.25, -0.2) is 13.1 Å². The van der Waals surface area contributed by atoms with Gasteiger partial charge < -0.3 is 10.8 Å². The lowest BCUT2D eigenvalue weighted by Crippen LogP contribution is -2.18. The van der Waals surface area contributed by atoms with Crippen molar-refractivity contribution in [2.24, 2.45) is 0 Å². The molecule has 0 aliphatic heterocycles. The normalized spacial score (nSPS) is 11.5. The summed E-state index contributed by atoms with van der Waals surface area (Å²) in [5, 5.41) is 9.23. The summed E-state index contributed by atoms with van der Waals surface area (Å²) in [6, 6.07) is 3.85. The summed E-state index contributed by atoms with van der Waals surface area (Å²) >= 11 is 0. The molecule has 0 bridgehead atoms. The number of phenols is 1. The van der Waals surface area contributed by atoms with E-state index in [0.717, 1.165) is 0 Å². The Bertz CT molecular complexity index is 414. The fourth-order valence-electron chi connectivity index (χ4n) is 0.856. The van der Waals surface area contributed by atoms with Crippen LogP contribution in [-0.2, 0) is 10.0 Å². The highest BCUT2D eigenvalue weighted by molar-refractivity contribution is 7.89. The largest absolute Gasteiger partial charge is 0.507 e. The van der Waals surface area contributed by atoms with Crippen LogP contribution in [0.1, 0.15) is 0 Å². The Kier molecular flexibility index (Phi) is 2.44. The monoisotopic (exact) mass is 202 g/mol. The van der Waals surface area contributed by atoms with Gasteiger partial charge in [-0.1, -0.05) is 0 Å². The molecular formula is C7H10N2O3S. The zero-order valence-corrected chi connectivity index (χ0v) is 7.80. The van der Waals surface area contributed by atoms with Crippen molar-refractivity contribution in [3.8, 4) is 5.75 Å². The van der Waals surface area contributed by atoms with Crippen molar-refractivity contribution in [3.05, 3.63) is 18.2 Å². The lowest BCUT2D eigenvalue weighted by atomic mass is 10.3. The Morgan fingerprint density at radius 2 is 2.08 bits per heavy atom. The van der Waals surface area contributed by atoms with E-state index < -0.39 is 10.0 Å². The van der Waals surface area contributed by atoms with Crippen LogP contribution in [0.15, 0.2) is 23.1 Å². The van der Waals surface area contributed by atoms with Gasteiger partial charge in [-0.3, -0.25) is 0 Å². The molecule has 0 heterocycles. The standard InChI is InChI=1S/C7H10N2O3S/c1-9-13(11,12)7-4-5(8)2-3-6(7)10/h2-4,9-10H,8H2,1H3. The van der Waals surface area contributed by atoms with Crippen molar-refractivity contribution >= 4 is 15.7 Å². The summed E-state index contributed by atoms with van der Waals surface area (Å²) in [5.74, 6) is -0.316. The highest BCUT2D eigenvalue weighted by Gasteiger charge is 2.16. The average molecular weight is 202 g/mol. The molecule has 0 aliphatic carbocycles. The molecule has 0 radical (unpaired) electrons. The third-order valence-corrected chi connectivity index (χ3v) is 2.99. The number of benzene rings is 1. The molecule has 0 atom stereocenters. The molecule has 0 saturated carbocycles. The second-order valence-electron chi connectivity index (χ2n) is 2.43. The first-order chi connectivity index (χ1) is 5.97. The minimum absolute atomic E-state index is 0.213. The smallest absolute Gasteiger partial charge is 0.244 e. The molecule has 0 spiro atoms. The Morgan fingerprint density at radius 3 is 2.62 bits per heavy atom. The topological polar surface area (TPSA) is 92.4 Å². The van der Waals surface area contributed by atoms with Crippen LogP contribution in [0.3, 0.4) is 0 Å². The maximum atomic E-state index is 11.2. The quantitative estimate of drug-likeness (QED) is 0.460. The van der Waals surface area contributed by atoms with Crippen molar-refractivity contribution < 1.29 is 13.5 Å². The van der Waals surface area contributed by atoms with Gasteiger partial charge in [-0.15, -0.1) is 0 Å². The number of hydrogen-bond acceptors (Lipinski definition) is 4. The summed E-state index contributed by atoms with van der Waals surface area (Å²) in [7, 11) is -2.37. The fraction of sp³-hybridized carbons (Fsp3) is 0.143. The van der Waals surface area contributed by atoms with E-state index in [-0.39, 0.29) is 16.3 Å². The van der Waals surface area contributed by atoms with Crippen LogP contribution in [0.4, 0.5) is 5.69 Å². The van der Waals surface area contributed by atoms with E-state index >= 15 is 0 Å². The second kappa shape index (κ2) is 3.23. The molecule has 13 heavy (non-hydrogen) atoms. The lowest BCUT2D eigenvalue weighted by Gasteiger charge is -2.05. The molecule has 0 aliphatic rings. The second-order valence-corrected chi connectivity index (χ2v) is 4.29. The van der Waals surface area contributed by atoms with Crippen molar-refractivity contribution in [1.82, 2.24) is 4.72 Å². The highest BCUT2D eigenvalue weighted by Crippen LogP contribution is 2.23. The van der Waals surface area contributed by atoms with Crippen LogP contribution in [0.5, 0.6) is 5.75 Å². The van der Waals surface area contributed by atoms with Gasteiger partial charge in [0.15, 0.2) is 0 Å². The van der Waals surface area contributed by atoms with Crippen LogP contribution in [0.2, 0.25) is 0 Å². The molecule has 0 unspecified atom stereocenters. The van der Waals surface area contributed by atoms with Gasteiger partial charge in [-0.05, 0) is 25.2 Å². The van der Waals surface area contributed by atoms with E-state index in [1.807, 2.05) is 0 Å². The molecule has 1 rings (SSSR count). The van der Waals surface area contributed by atoms with Gasteiger partial charge >= 0.3 is 0 Å². The molecule has 0 aromatic heterocycles. The average Bonchev–Trinajstić information content (AvgIpc) is 2.09. The van der Waals surface area contributed by atoms with Crippen LogP contribution in [0, 0.1) is 0 Å². The third kappa shape index (κ3) is 1.90. The van der Waals surface area contributed by atoms with Gasteiger partial charge in [0.05, 0.1) is 0 Å². The Hall–Kier alpha value is -1.27. The van der Waals surface area contributed by atoms with Gasteiger partial charge in [0.2, 0.25) is 10.0 Å². The molecule has 0 amide bonds. The van der Waals surface area contributed by atoms with Crippen LogP contribution < -0.4 is 10.5 Å². The number of nitrogens with one attached hydrogen (secondary N) is 1. The number of anilines is 1. The SMILES string of the molecule is CNS(=O)(=O)c1cc(N)ccc1O. The van der Waals surface area contributed by atoms with E-state index in [0.29, 0.717) is 0 Å². The fourth-order valence-corrected chi connectivity index (χ4v) is 1.71.